The highest BCUT2D eigenvalue weighted by molar-refractivity contribution is 5.83. The van der Waals surface area contributed by atoms with E-state index < -0.39 is 0 Å². The minimum Gasteiger partial charge on any atom is -0.383 e. The van der Waals surface area contributed by atoms with E-state index in [2.05, 4.69) is 24.4 Å². The Hall–Kier alpha value is -1.88. The minimum absolute atomic E-state index is 0.0199. The number of hydrogen-bond donors (Lipinski definition) is 1. The highest BCUT2D eigenvalue weighted by Crippen LogP contribution is 2.08. The maximum Gasteiger partial charge on any atom is 0.242 e. The first-order valence-corrected chi connectivity index (χ1v) is 7.15. The van der Waals surface area contributed by atoms with Gasteiger partial charge in [-0.05, 0) is 17.5 Å². The molecule has 0 spiro atoms. The summed E-state index contributed by atoms with van der Waals surface area (Å²) < 4.78 is 5.04. The molecule has 0 aromatic heterocycles. The molecule has 0 saturated carbocycles. The largest absolute Gasteiger partial charge is 0.383 e. The lowest BCUT2D eigenvalue weighted by Gasteiger charge is -2.22. The number of benzene rings is 1. The molecule has 1 N–H and O–H groups in total. The van der Waals surface area contributed by atoms with Crippen molar-refractivity contribution in [3.05, 3.63) is 35.4 Å². The van der Waals surface area contributed by atoms with Gasteiger partial charge in [-0.25, -0.2) is 0 Å². The van der Waals surface area contributed by atoms with Gasteiger partial charge in [0.05, 0.1) is 13.2 Å². The Morgan fingerprint density at radius 2 is 1.81 bits per heavy atom. The van der Waals surface area contributed by atoms with Crippen molar-refractivity contribution in [2.45, 2.75) is 26.8 Å². The van der Waals surface area contributed by atoms with Gasteiger partial charge in [0.25, 0.3) is 0 Å². The Morgan fingerprint density at radius 3 is 2.33 bits per heavy atom. The number of nitrogens with one attached hydrogen (secondary N) is 1. The van der Waals surface area contributed by atoms with Crippen LogP contribution in [0.3, 0.4) is 0 Å². The van der Waals surface area contributed by atoms with Crippen molar-refractivity contribution in [3.8, 4) is 0 Å². The lowest BCUT2D eigenvalue weighted by Crippen LogP contribution is -2.40. The van der Waals surface area contributed by atoms with E-state index in [1.165, 1.54) is 12.5 Å². The molecule has 0 unspecified atom stereocenters. The molecule has 5 heteroatoms. The molecule has 0 atom stereocenters. The molecule has 0 heterocycles. The minimum atomic E-state index is -0.206. The van der Waals surface area contributed by atoms with E-state index in [0.29, 0.717) is 19.7 Å². The second kappa shape index (κ2) is 9.13. The number of methoxy groups -OCH3 is 1. The topological polar surface area (TPSA) is 58.6 Å². The quantitative estimate of drug-likeness (QED) is 0.787. The molecule has 21 heavy (non-hydrogen) atoms. The molecule has 2 amide bonds. The van der Waals surface area contributed by atoms with Crippen LogP contribution >= 0.6 is 0 Å². The van der Waals surface area contributed by atoms with E-state index >= 15 is 0 Å². The van der Waals surface area contributed by atoms with Crippen LogP contribution in [0.5, 0.6) is 0 Å². The second-order valence-electron chi connectivity index (χ2n) is 4.89. The molecule has 1 aromatic carbocycles. The number of ether oxygens (including phenoxy) is 1. The van der Waals surface area contributed by atoms with E-state index in [9.17, 15) is 9.59 Å². The molecule has 0 aliphatic heterocycles. The van der Waals surface area contributed by atoms with Crippen molar-refractivity contribution in [2.24, 2.45) is 0 Å². The molecule has 5 nitrogen and oxygen atoms in total. The Labute approximate surface area is 126 Å². The predicted octanol–water partition coefficient (Wildman–Crippen LogP) is 1.36. The number of carbonyl (C=O) groups is 2. The highest BCUT2D eigenvalue weighted by Gasteiger charge is 2.14. The molecule has 0 radical (unpaired) electrons. The summed E-state index contributed by atoms with van der Waals surface area (Å²) in [6.07, 6.45) is 0.995. The summed E-state index contributed by atoms with van der Waals surface area (Å²) in [5, 5.41) is 2.54. The molecule has 0 aliphatic carbocycles. The summed E-state index contributed by atoms with van der Waals surface area (Å²) in [4.78, 5) is 24.7. The van der Waals surface area contributed by atoms with Gasteiger partial charge in [-0.15, -0.1) is 0 Å². The van der Waals surface area contributed by atoms with Gasteiger partial charge in [0.1, 0.15) is 0 Å². The van der Waals surface area contributed by atoms with Crippen LogP contribution in [0.2, 0.25) is 0 Å². The van der Waals surface area contributed by atoms with Crippen LogP contribution in [-0.4, -0.2) is 43.5 Å². The fourth-order valence-corrected chi connectivity index (χ4v) is 1.91. The summed E-state index contributed by atoms with van der Waals surface area (Å²) in [5.74, 6) is -0.316. The van der Waals surface area contributed by atoms with E-state index in [1.807, 2.05) is 12.1 Å². The average Bonchev–Trinajstić information content (AvgIpc) is 2.49. The molecule has 1 rings (SSSR count). The zero-order chi connectivity index (χ0) is 15.7. The van der Waals surface area contributed by atoms with Gasteiger partial charge in [0, 0.05) is 27.1 Å². The van der Waals surface area contributed by atoms with Crippen molar-refractivity contribution in [3.63, 3.8) is 0 Å². The number of aryl methyl sites for hydroxylation is 1. The van der Waals surface area contributed by atoms with Gasteiger partial charge >= 0.3 is 0 Å². The van der Waals surface area contributed by atoms with Crippen LogP contribution in [0.25, 0.3) is 0 Å². The van der Waals surface area contributed by atoms with Crippen LogP contribution < -0.4 is 5.32 Å². The van der Waals surface area contributed by atoms with Crippen LogP contribution in [0, 0.1) is 0 Å². The Balaban J connectivity index is 2.66. The van der Waals surface area contributed by atoms with Gasteiger partial charge in [0.15, 0.2) is 0 Å². The number of hydrogen-bond acceptors (Lipinski definition) is 3. The van der Waals surface area contributed by atoms with Crippen molar-refractivity contribution < 1.29 is 14.3 Å². The van der Waals surface area contributed by atoms with Gasteiger partial charge in [-0.2, -0.15) is 0 Å². The first-order valence-electron chi connectivity index (χ1n) is 7.15. The van der Waals surface area contributed by atoms with Gasteiger partial charge in [-0.1, -0.05) is 31.2 Å². The van der Waals surface area contributed by atoms with Crippen LogP contribution in [0.1, 0.15) is 25.0 Å². The van der Waals surface area contributed by atoms with Gasteiger partial charge in [0.2, 0.25) is 11.8 Å². The fourth-order valence-electron chi connectivity index (χ4n) is 1.91. The lowest BCUT2D eigenvalue weighted by molar-refractivity contribution is -0.133. The Kier molecular flexibility index (Phi) is 7.46. The number of amides is 2. The third kappa shape index (κ3) is 6.40. The molecule has 0 aliphatic rings. The monoisotopic (exact) mass is 292 g/mol. The second-order valence-corrected chi connectivity index (χ2v) is 4.89. The maximum absolute atomic E-state index is 12.1. The van der Waals surface area contributed by atoms with E-state index in [0.717, 1.165) is 12.0 Å². The van der Waals surface area contributed by atoms with Gasteiger partial charge < -0.3 is 15.0 Å². The van der Waals surface area contributed by atoms with Crippen LogP contribution in [0.15, 0.2) is 24.3 Å². The van der Waals surface area contributed by atoms with Crippen LogP contribution in [-0.2, 0) is 27.3 Å². The average molecular weight is 292 g/mol. The molecular weight excluding hydrogens is 268 g/mol. The first-order chi connectivity index (χ1) is 10.1. The van der Waals surface area contributed by atoms with Crippen molar-refractivity contribution >= 4 is 11.8 Å². The summed E-state index contributed by atoms with van der Waals surface area (Å²) >= 11 is 0. The standard InChI is InChI=1S/C16H24N2O3/c1-4-14-5-7-15(8-6-14)12-18(9-10-21-3)16(20)11-17-13(2)19/h5-8H,4,9-12H2,1-3H3,(H,17,19). The molecule has 116 valence electrons. The first kappa shape index (κ1) is 17.2. The summed E-state index contributed by atoms with van der Waals surface area (Å²) in [7, 11) is 1.60. The lowest BCUT2D eigenvalue weighted by atomic mass is 10.1. The summed E-state index contributed by atoms with van der Waals surface area (Å²) in [6.45, 7) is 5.02. The Morgan fingerprint density at radius 1 is 1.19 bits per heavy atom. The number of nitrogens with zero attached hydrogens (tertiary/aromatic N) is 1. The fraction of sp³-hybridized carbons (Fsp3) is 0.500. The molecule has 0 fully saturated rings. The number of rotatable bonds is 8. The highest BCUT2D eigenvalue weighted by atomic mass is 16.5. The molecule has 1 aromatic rings. The Bertz CT molecular complexity index is 457. The third-order valence-electron chi connectivity index (χ3n) is 3.21. The normalized spacial score (nSPS) is 10.2. The van der Waals surface area contributed by atoms with E-state index in [4.69, 9.17) is 4.74 Å². The van der Waals surface area contributed by atoms with E-state index in [-0.39, 0.29) is 18.4 Å². The predicted molar refractivity (Wildman–Crippen MR) is 81.8 cm³/mol. The summed E-state index contributed by atoms with van der Waals surface area (Å²) in [6, 6.07) is 8.21. The molecule has 0 saturated heterocycles. The van der Waals surface area contributed by atoms with Crippen molar-refractivity contribution in [1.29, 1.82) is 0 Å². The zero-order valence-electron chi connectivity index (χ0n) is 13.0. The van der Waals surface area contributed by atoms with Crippen LogP contribution in [0.4, 0.5) is 0 Å². The van der Waals surface area contributed by atoms with Crippen molar-refractivity contribution in [1.82, 2.24) is 10.2 Å². The van der Waals surface area contributed by atoms with Gasteiger partial charge in [-0.3, -0.25) is 9.59 Å². The van der Waals surface area contributed by atoms with Crippen molar-refractivity contribution in [2.75, 3.05) is 26.8 Å². The molecule has 0 bridgehead atoms. The number of carbonyl (C=O) groups excluding carboxylic acids is 2. The maximum atomic E-state index is 12.1. The zero-order valence-corrected chi connectivity index (χ0v) is 13.0. The smallest absolute Gasteiger partial charge is 0.242 e. The SMILES string of the molecule is CCc1ccc(CN(CCOC)C(=O)CNC(C)=O)cc1. The summed E-state index contributed by atoms with van der Waals surface area (Å²) in [5.41, 5.74) is 2.34. The third-order valence-corrected chi connectivity index (χ3v) is 3.21. The van der Waals surface area contributed by atoms with E-state index in [1.54, 1.807) is 12.0 Å². The molecular formula is C16H24N2O3.